The van der Waals surface area contributed by atoms with E-state index < -0.39 is 5.91 Å². The van der Waals surface area contributed by atoms with Crippen molar-refractivity contribution in [3.8, 4) is 0 Å². The number of nitrogens with zero attached hydrogens (tertiary/aromatic N) is 3. The van der Waals surface area contributed by atoms with E-state index in [1.807, 2.05) is 18.2 Å². The molecule has 2 rings (SSSR count). The van der Waals surface area contributed by atoms with Gasteiger partial charge in [0.2, 0.25) is 0 Å². The van der Waals surface area contributed by atoms with Gasteiger partial charge in [0, 0.05) is 26.2 Å². The van der Waals surface area contributed by atoms with Crippen LogP contribution in [-0.2, 0) is 6.42 Å². The molecule has 7 nitrogen and oxygen atoms in total. The fraction of sp³-hybridized carbons (Fsp3) is 0.250. The number of halogens is 1. The Morgan fingerprint density at radius 2 is 2.00 bits per heavy atom. The molecule has 0 saturated heterocycles. The molecular formula is C16H18ClN5O2. The van der Waals surface area contributed by atoms with Crippen molar-refractivity contribution >= 4 is 29.2 Å². The molecule has 1 heterocycles. The lowest BCUT2D eigenvalue weighted by Crippen LogP contribution is -2.21. The lowest BCUT2D eigenvalue weighted by Gasteiger charge is -2.12. The van der Waals surface area contributed by atoms with Crippen molar-refractivity contribution in [1.29, 1.82) is 0 Å². The highest BCUT2D eigenvalue weighted by molar-refractivity contribution is 6.29. The number of benzene rings is 1. The Morgan fingerprint density at radius 1 is 1.25 bits per heavy atom. The standard InChI is InChI=1S/C16H18ClN5O2/c1-22(2)16(24)11-5-3-4-10(8-11)6-7-19-15-12(14(18)23)9-13(17)20-21-15/h3-5,8-9H,6-7H2,1-2H3,(H2,18,23)(H,19,21). The van der Waals surface area contributed by atoms with Crippen molar-refractivity contribution in [2.24, 2.45) is 5.73 Å². The molecule has 8 heteroatoms. The third-order valence-corrected chi connectivity index (χ3v) is 3.50. The van der Waals surface area contributed by atoms with Gasteiger partial charge in [0.25, 0.3) is 11.8 Å². The van der Waals surface area contributed by atoms with Crippen LogP contribution in [0.25, 0.3) is 0 Å². The smallest absolute Gasteiger partial charge is 0.253 e. The van der Waals surface area contributed by atoms with Crippen LogP contribution in [0.1, 0.15) is 26.3 Å². The topological polar surface area (TPSA) is 101 Å². The molecule has 0 bridgehead atoms. The molecule has 1 aromatic carbocycles. The highest BCUT2D eigenvalue weighted by Crippen LogP contribution is 2.15. The summed E-state index contributed by atoms with van der Waals surface area (Å²) in [6.45, 7) is 0.496. The molecule has 24 heavy (non-hydrogen) atoms. The minimum Gasteiger partial charge on any atom is -0.368 e. The summed E-state index contributed by atoms with van der Waals surface area (Å²) in [5, 5.41) is 10.7. The molecule has 1 aromatic heterocycles. The molecular weight excluding hydrogens is 330 g/mol. The van der Waals surface area contributed by atoms with Crippen molar-refractivity contribution in [2.75, 3.05) is 26.0 Å². The van der Waals surface area contributed by atoms with Gasteiger partial charge in [-0.3, -0.25) is 9.59 Å². The van der Waals surface area contributed by atoms with Crippen molar-refractivity contribution in [2.45, 2.75) is 6.42 Å². The van der Waals surface area contributed by atoms with Gasteiger partial charge in [-0.1, -0.05) is 23.7 Å². The first-order chi connectivity index (χ1) is 11.4. The third-order valence-electron chi connectivity index (χ3n) is 3.32. The maximum Gasteiger partial charge on any atom is 0.253 e. The van der Waals surface area contributed by atoms with E-state index in [1.54, 1.807) is 20.2 Å². The summed E-state index contributed by atoms with van der Waals surface area (Å²) in [4.78, 5) is 24.9. The molecule has 126 valence electrons. The Bertz CT molecular complexity index is 764. The molecule has 0 atom stereocenters. The number of nitrogens with two attached hydrogens (primary N) is 1. The molecule has 2 aromatic rings. The van der Waals surface area contributed by atoms with Crippen LogP contribution < -0.4 is 11.1 Å². The second-order valence-electron chi connectivity index (χ2n) is 5.37. The lowest BCUT2D eigenvalue weighted by atomic mass is 10.1. The van der Waals surface area contributed by atoms with Crippen molar-refractivity contribution in [3.63, 3.8) is 0 Å². The summed E-state index contributed by atoms with van der Waals surface area (Å²) >= 11 is 5.72. The normalized spacial score (nSPS) is 10.3. The van der Waals surface area contributed by atoms with E-state index in [4.69, 9.17) is 17.3 Å². The van der Waals surface area contributed by atoms with Gasteiger partial charge in [-0.15, -0.1) is 10.2 Å². The number of amides is 2. The quantitative estimate of drug-likeness (QED) is 0.826. The van der Waals surface area contributed by atoms with Crippen molar-refractivity contribution in [3.05, 3.63) is 52.2 Å². The first-order valence-corrected chi connectivity index (χ1v) is 7.63. The van der Waals surface area contributed by atoms with Gasteiger partial charge in [-0.2, -0.15) is 0 Å². The molecule has 0 aliphatic rings. The summed E-state index contributed by atoms with van der Waals surface area (Å²) in [5.74, 6) is -0.398. The van der Waals surface area contributed by atoms with Gasteiger partial charge in [-0.05, 0) is 30.2 Å². The van der Waals surface area contributed by atoms with E-state index in [9.17, 15) is 9.59 Å². The van der Waals surface area contributed by atoms with Gasteiger partial charge in [-0.25, -0.2) is 0 Å². The van der Waals surface area contributed by atoms with E-state index >= 15 is 0 Å². The highest BCUT2D eigenvalue weighted by Gasteiger charge is 2.12. The Hall–Kier alpha value is -2.67. The number of carbonyl (C=O) groups excluding carboxylic acids is 2. The van der Waals surface area contributed by atoms with Crippen molar-refractivity contribution < 1.29 is 9.59 Å². The summed E-state index contributed by atoms with van der Waals surface area (Å²) in [7, 11) is 3.42. The maximum atomic E-state index is 12.0. The molecule has 2 amide bonds. The van der Waals surface area contributed by atoms with Crippen LogP contribution in [0.4, 0.5) is 5.82 Å². The van der Waals surface area contributed by atoms with Crippen molar-refractivity contribution in [1.82, 2.24) is 15.1 Å². The summed E-state index contributed by atoms with van der Waals surface area (Å²) < 4.78 is 0. The predicted molar refractivity (Wildman–Crippen MR) is 92.2 cm³/mol. The zero-order valence-corrected chi connectivity index (χ0v) is 14.2. The minimum absolute atomic E-state index is 0.0515. The maximum absolute atomic E-state index is 12.0. The minimum atomic E-state index is -0.632. The molecule has 3 N–H and O–H groups in total. The molecule has 0 aliphatic heterocycles. The average Bonchev–Trinajstić information content (AvgIpc) is 2.55. The van der Waals surface area contributed by atoms with Crippen LogP contribution in [0.2, 0.25) is 5.15 Å². The fourth-order valence-electron chi connectivity index (χ4n) is 2.13. The zero-order chi connectivity index (χ0) is 17.7. The van der Waals surface area contributed by atoms with E-state index in [1.165, 1.54) is 11.0 Å². The Kier molecular flexibility index (Phi) is 5.70. The number of carbonyl (C=O) groups is 2. The number of rotatable bonds is 6. The molecule has 0 radical (unpaired) electrons. The van der Waals surface area contributed by atoms with Gasteiger partial charge >= 0.3 is 0 Å². The molecule has 0 saturated carbocycles. The molecule has 0 unspecified atom stereocenters. The van der Waals surface area contributed by atoms with Crippen LogP contribution in [0, 0.1) is 0 Å². The first-order valence-electron chi connectivity index (χ1n) is 7.26. The number of hydrogen-bond donors (Lipinski definition) is 2. The second kappa shape index (κ2) is 7.74. The van der Waals surface area contributed by atoms with Gasteiger partial charge in [0.1, 0.15) is 0 Å². The van der Waals surface area contributed by atoms with Gasteiger partial charge in [0.05, 0.1) is 5.56 Å². The van der Waals surface area contributed by atoms with Crippen LogP contribution in [0.15, 0.2) is 30.3 Å². The van der Waals surface area contributed by atoms with E-state index in [-0.39, 0.29) is 22.4 Å². The third kappa shape index (κ3) is 4.42. The van der Waals surface area contributed by atoms with Gasteiger partial charge in [0.15, 0.2) is 11.0 Å². The number of nitrogens with one attached hydrogen (secondary N) is 1. The number of primary amides is 1. The van der Waals surface area contributed by atoms with E-state index in [0.717, 1.165) is 5.56 Å². The average molecular weight is 348 g/mol. The van der Waals surface area contributed by atoms with E-state index in [2.05, 4.69) is 15.5 Å². The largest absolute Gasteiger partial charge is 0.368 e. The monoisotopic (exact) mass is 347 g/mol. The second-order valence-corrected chi connectivity index (χ2v) is 5.76. The highest BCUT2D eigenvalue weighted by atomic mass is 35.5. The fourth-order valence-corrected chi connectivity index (χ4v) is 2.28. The van der Waals surface area contributed by atoms with Gasteiger partial charge < -0.3 is 16.0 Å². The molecule has 0 aliphatic carbocycles. The first kappa shape index (κ1) is 17.7. The summed E-state index contributed by atoms with van der Waals surface area (Å²) in [5.41, 5.74) is 7.10. The lowest BCUT2D eigenvalue weighted by molar-refractivity contribution is 0.0827. The van der Waals surface area contributed by atoms with Crippen LogP contribution in [0.3, 0.4) is 0 Å². The number of anilines is 1. The Labute approximate surface area is 144 Å². The molecule has 0 spiro atoms. The SMILES string of the molecule is CN(C)C(=O)c1cccc(CCNc2nnc(Cl)cc2C(N)=O)c1. The molecule has 0 fully saturated rings. The Balaban J connectivity index is 2.04. The summed E-state index contributed by atoms with van der Waals surface area (Å²) in [6, 6.07) is 8.75. The van der Waals surface area contributed by atoms with E-state index in [0.29, 0.717) is 18.5 Å². The number of hydrogen-bond acceptors (Lipinski definition) is 5. The summed E-state index contributed by atoms with van der Waals surface area (Å²) in [6.07, 6.45) is 0.636. The zero-order valence-electron chi connectivity index (χ0n) is 13.4. The van der Waals surface area contributed by atoms with Crippen LogP contribution in [0.5, 0.6) is 0 Å². The predicted octanol–water partition coefficient (Wildman–Crippen LogP) is 1.59. The number of aromatic nitrogens is 2. The van der Waals surface area contributed by atoms with Crippen LogP contribution >= 0.6 is 11.6 Å². The Morgan fingerprint density at radius 3 is 2.67 bits per heavy atom. The van der Waals surface area contributed by atoms with Crippen LogP contribution in [-0.4, -0.2) is 47.6 Å².